The number of ether oxygens (including phenoxy) is 1. The minimum Gasteiger partial charge on any atom is -0.478 e. The van der Waals surface area contributed by atoms with E-state index in [2.05, 4.69) is 5.32 Å². The molecule has 1 aliphatic rings. The summed E-state index contributed by atoms with van der Waals surface area (Å²) in [6.45, 7) is 2.30. The maximum Gasteiger partial charge on any atom is 0.346 e. The summed E-state index contributed by atoms with van der Waals surface area (Å²) in [4.78, 5) is 11.1. The summed E-state index contributed by atoms with van der Waals surface area (Å²) in [7, 11) is 0. The molecule has 92 valence electrons. The van der Waals surface area contributed by atoms with Crippen LogP contribution in [-0.4, -0.2) is 29.8 Å². The normalized spacial score (nSPS) is 16.5. The van der Waals surface area contributed by atoms with E-state index in [1.165, 1.54) is 0 Å². The van der Waals surface area contributed by atoms with Crippen LogP contribution in [0.15, 0.2) is 24.3 Å². The quantitative estimate of drug-likeness (QED) is 0.786. The highest BCUT2D eigenvalue weighted by atomic mass is 16.5. The minimum absolute atomic E-state index is 0.355. The van der Waals surface area contributed by atoms with Crippen molar-refractivity contribution in [1.82, 2.24) is 5.32 Å². The molecule has 0 radical (unpaired) electrons. The number of carbonyl (C=O) groups is 1. The summed E-state index contributed by atoms with van der Waals surface area (Å²) in [6.07, 6.45) is 1.45. The van der Waals surface area contributed by atoms with Gasteiger partial charge in [-0.05, 0) is 37.5 Å². The zero-order chi connectivity index (χ0) is 12.3. The number of rotatable bonds is 6. The molecule has 4 heteroatoms. The summed E-state index contributed by atoms with van der Waals surface area (Å²) in [6, 6.07) is 7.91. The third-order valence-electron chi connectivity index (χ3n) is 2.71. The Balaban J connectivity index is 1.93. The van der Waals surface area contributed by atoms with Gasteiger partial charge in [-0.3, -0.25) is 0 Å². The van der Waals surface area contributed by atoms with Crippen molar-refractivity contribution in [2.24, 2.45) is 0 Å². The zero-order valence-corrected chi connectivity index (χ0v) is 9.85. The van der Waals surface area contributed by atoms with Gasteiger partial charge in [-0.1, -0.05) is 12.1 Å². The Bertz CT molecular complexity index is 401. The molecule has 4 nitrogen and oxygen atoms in total. The van der Waals surface area contributed by atoms with Gasteiger partial charge in [0.2, 0.25) is 6.10 Å². The molecule has 2 rings (SSSR count). The number of hydrogen-bond acceptors (Lipinski definition) is 3. The number of carboxylic acid groups (broad SMARTS) is 1. The predicted octanol–water partition coefficient (Wildman–Crippen LogP) is 1.58. The summed E-state index contributed by atoms with van der Waals surface area (Å²) in [5.41, 5.74) is 1.06. The molecular weight excluding hydrogens is 218 g/mol. The van der Waals surface area contributed by atoms with Gasteiger partial charge in [-0.2, -0.15) is 0 Å². The van der Waals surface area contributed by atoms with Crippen molar-refractivity contribution in [1.29, 1.82) is 0 Å². The molecule has 0 amide bonds. The van der Waals surface area contributed by atoms with E-state index in [1.807, 2.05) is 25.1 Å². The second-order valence-corrected chi connectivity index (χ2v) is 4.44. The standard InChI is InChI=1S/C13H17NO3/c1-9-3-2-4-11(7-9)17-12(13(15)16)8-14-10-5-6-10/h2-4,7,10,12,14H,5-6,8H2,1H3,(H,15,16). The molecule has 1 aromatic carbocycles. The Morgan fingerprint density at radius 2 is 2.35 bits per heavy atom. The van der Waals surface area contributed by atoms with Crippen LogP contribution in [0.3, 0.4) is 0 Å². The molecular formula is C13H17NO3. The van der Waals surface area contributed by atoms with E-state index in [0.717, 1.165) is 18.4 Å². The van der Waals surface area contributed by atoms with E-state index in [1.54, 1.807) is 6.07 Å². The van der Waals surface area contributed by atoms with Gasteiger partial charge in [0.25, 0.3) is 0 Å². The first-order valence-electron chi connectivity index (χ1n) is 5.84. The number of aryl methyl sites for hydroxylation is 1. The highest BCUT2D eigenvalue weighted by molar-refractivity contribution is 5.73. The first-order valence-corrected chi connectivity index (χ1v) is 5.84. The zero-order valence-electron chi connectivity index (χ0n) is 9.85. The van der Waals surface area contributed by atoms with Crippen molar-refractivity contribution < 1.29 is 14.6 Å². The lowest BCUT2D eigenvalue weighted by atomic mass is 10.2. The van der Waals surface area contributed by atoms with Gasteiger partial charge in [0.05, 0.1) is 0 Å². The fraction of sp³-hybridized carbons (Fsp3) is 0.462. The van der Waals surface area contributed by atoms with Crippen LogP contribution in [0.1, 0.15) is 18.4 Å². The number of benzene rings is 1. The molecule has 0 bridgehead atoms. The predicted molar refractivity (Wildman–Crippen MR) is 64.3 cm³/mol. The first kappa shape index (κ1) is 11.9. The highest BCUT2D eigenvalue weighted by Crippen LogP contribution is 2.19. The lowest BCUT2D eigenvalue weighted by Crippen LogP contribution is -2.38. The van der Waals surface area contributed by atoms with Crippen molar-refractivity contribution in [2.75, 3.05) is 6.54 Å². The maximum atomic E-state index is 11.1. The van der Waals surface area contributed by atoms with E-state index in [4.69, 9.17) is 9.84 Å². The fourth-order valence-electron chi connectivity index (χ4n) is 1.59. The number of hydrogen-bond donors (Lipinski definition) is 2. The monoisotopic (exact) mass is 235 g/mol. The molecule has 0 spiro atoms. The largest absolute Gasteiger partial charge is 0.478 e. The Morgan fingerprint density at radius 3 is 2.94 bits per heavy atom. The molecule has 17 heavy (non-hydrogen) atoms. The third kappa shape index (κ3) is 3.75. The number of nitrogens with one attached hydrogen (secondary N) is 1. The molecule has 1 aromatic rings. The van der Waals surface area contributed by atoms with Crippen molar-refractivity contribution in [3.05, 3.63) is 29.8 Å². The Kier molecular flexibility index (Phi) is 3.64. The minimum atomic E-state index is -0.931. The molecule has 1 atom stereocenters. The molecule has 1 unspecified atom stereocenters. The lowest BCUT2D eigenvalue weighted by molar-refractivity contribution is -0.144. The van der Waals surface area contributed by atoms with E-state index < -0.39 is 12.1 Å². The Labute approximate surface area is 101 Å². The SMILES string of the molecule is Cc1cccc(OC(CNC2CC2)C(=O)O)c1. The summed E-state index contributed by atoms with van der Waals surface area (Å²) < 4.78 is 5.47. The molecule has 1 saturated carbocycles. The average molecular weight is 235 g/mol. The Hall–Kier alpha value is -1.55. The van der Waals surface area contributed by atoms with Gasteiger partial charge in [0, 0.05) is 12.6 Å². The van der Waals surface area contributed by atoms with E-state index in [0.29, 0.717) is 18.3 Å². The highest BCUT2D eigenvalue weighted by Gasteiger charge is 2.25. The summed E-state index contributed by atoms with van der Waals surface area (Å²) >= 11 is 0. The number of carboxylic acids is 1. The van der Waals surface area contributed by atoms with Crippen LogP contribution >= 0.6 is 0 Å². The smallest absolute Gasteiger partial charge is 0.346 e. The summed E-state index contributed by atoms with van der Waals surface area (Å²) in [5, 5.41) is 12.2. The third-order valence-corrected chi connectivity index (χ3v) is 2.71. The van der Waals surface area contributed by atoms with E-state index in [9.17, 15) is 4.79 Å². The second-order valence-electron chi connectivity index (χ2n) is 4.44. The number of aliphatic carboxylic acids is 1. The van der Waals surface area contributed by atoms with Gasteiger partial charge in [0.15, 0.2) is 0 Å². The molecule has 0 saturated heterocycles. The van der Waals surface area contributed by atoms with Crippen LogP contribution in [-0.2, 0) is 4.79 Å². The molecule has 0 heterocycles. The molecule has 1 fully saturated rings. The topological polar surface area (TPSA) is 58.6 Å². The lowest BCUT2D eigenvalue weighted by Gasteiger charge is -2.15. The van der Waals surface area contributed by atoms with Crippen LogP contribution in [0.2, 0.25) is 0 Å². The van der Waals surface area contributed by atoms with Crippen molar-refractivity contribution in [3.8, 4) is 5.75 Å². The van der Waals surface area contributed by atoms with Crippen LogP contribution in [0, 0.1) is 6.92 Å². The van der Waals surface area contributed by atoms with Gasteiger partial charge in [-0.25, -0.2) is 4.79 Å². The van der Waals surface area contributed by atoms with E-state index >= 15 is 0 Å². The first-order chi connectivity index (χ1) is 8.15. The van der Waals surface area contributed by atoms with Gasteiger partial charge in [0.1, 0.15) is 5.75 Å². The van der Waals surface area contributed by atoms with Crippen LogP contribution in [0.25, 0.3) is 0 Å². The van der Waals surface area contributed by atoms with E-state index in [-0.39, 0.29) is 0 Å². The van der Waals surface area contributed by atoms with Crippen molar-refractivity contribution in [2.45, 2.75) is 31.9 Å². The average Bonchev–Trinajstić information content (AvgIpc) is 3.07. The maximum absolute atomic E-state index is 11.1. The van der Waals surface area contributed by atoms with Crippen LogP contribution in [0.5, 0.6) is 5.75 Å². The van der Waals surface area contributed by atoms with Gasteiger partial charge >= 0.3 is 5.97 Å². The molecule has 1 aliphatic carbocycles. The Morgan fingerprint density at radius 1 is 1.59 bits per heavy atom. The summed E-state index contributed by atoms with van der Waals surface area (Å²) in [5.74, 6) is -0.324. The van der Waals surface area contributed by atoms with Crippen LogP contribution < -0.4 is 10.1 Å². The molecule has 2 N–H and O–H groups in total. The van der Waals surface area contributed by atoms with Crippen molar-refractivity contribution in [3.63, 3.8) is 0 Å². The van der Waals surface area contributed by atoms with Crippen molar-refractivity contribution >= 4 is 5.97 Å². The molecule has 0 aromatic heterocycles. The van der Waals surface area contributed by atoms with Crippen LogP contribution in [0.4, 0.5) is 0 Å². The van der Waals surface area contributed by atoms with Gasteiger partial charge < -0.3 is 15.2 Å². The fourth-order valence-corrected chi connectivity index (χ4v) is 1.59. The second kappa shape index (κ2) is 5.19. The molecule has 0 aliphatic heterocycles. The van der Waals surface area contributed by atoms with Gasteiger partial charge in [-0.15, -0.1) is 0 Å².